The smallest absolute Gasteiger partial charge is 0.325 e. The summed E-state index contributed by atoms with van der Waals surface area (Å²) >= 11 is 0. The molecule has 1 aliphatic rings. The van der Waals surface area contributed by atoms with Crippen LogP contribution in [0.2, 0.25) is 0 Å². The molecule has 27 heavy (non-hydrogen) atoms. The lowest BCUT2D eigenvalue weighted by Gasteiger charge is -2.18. The van der Waals surface area contributed by atoms with Gasteiger partial charge in [-0.1, -0.05) is 12.1 Å². The van der Waals surface area contributed by atoms with E-state index >= 15 is 0 Å². The molecule has 1 fully saturated rings. The molecule has 0 spiro atoms. The summed E-state index contributed by atoms with van der Waals surface area (Å²) < 4.78 is 65.7. The number of benzene rings is 2. The number of nitrogens with one attached hydrogen (secondary N) is 2. The van der Waals surface area contributed by atoms with E-state index in [2.05, 4.69) is 10.6 Å². The molecule has 142 valence electrons. The highest BCUT2D eigenvalue weighted by Gasteiger charge is 2.57. The second-order valence-electron chi connectivity index (χ2n) is 6.16. The Morgan fingerprint density at radius 1 is 0.889 bits per heavy atom. The zero-order valence-corrected chi connectivity index (χ0v) is 13.7. The lowest BCUT2D eigenvalue weighted by molar-refractivity contribution is -0.137. The second-order valence-corrected chi connectivity index (χ2v) is 6.16. The molecule has 2 aromatic rings. The number of hydrogen-bond donors (Lipinski definition) is 2. The zero-order valence-electron chi connectivity index (χ0n) is 13.7. The minimum atomic E-state index is -4.68. The maximum atomic E-state index is 13.7. The minimum Gasteiger partial charge on any atom is -0.325 e. The van der Waals surface area contributed by atoms with Gasteiger partial charge in [-0.3, -0.25) is 9.59 Å². The van der Waals surface area contributed by atoms with Crippen LogP contribution in [0.15, 0.2) is 42.5 Å². The molecule has 2 aromatic carbocycles. The Kier molecular flexibility index (Phi) is 4.63. The van der Waals surface area contributed by atoms with Gasteiger partial charge in [0.2, 0.25) is 11.8 Å². The first-order valence-electron chi connectivity index (χ1n) is 7.88. The molecular weight excluding hydrogens is 371 g/mol. The van der Waals surface area contributed by atoms with Crippen molar-refractivity contribution >= 4 is 23.2 Å². The summed E-state index contributed by atoms with van der Waals surface area (Å²) in [4.78, 5) is 24.8. The quantitative estimate of drug-likeness (QED) is 0.609. The van der Waals surface area contributed by atoms with Crippen molar-refractivity contribution in [1.82, 2.24) is 0 Å². The predicted octanol–water partition coefficient (Wildman–Crippen LogP) is 4.34. The Labute approximate surface area is 150 Å². The van der Waals surface area contributed by atoms with Crippen molar-refractivity contribution in [3.05, 3.63) is 59.7 Å². The maximum Gasteiger partial charge on any atom is 0.418 e. The lowest BCUT2D eigenvalue weighted by Crippen LogP contribution is -2.36. The predicted molar refractivity (Wildman–Crippen MR) is 86.7 cm³/mol. The summed E-state index contributed by atoms with van der Waals surface area (Å²) in [7, 11) is 0. The molecule has 0 heterocycles. The Balaban J connectivity index is 1.78. The largest absolute Gasteiger partial charge is 0.418 e. The van der Waals surface area contributed by atoms with E-state index < -0.39 is 46.3 Å². The van der Waals surface area contributed by atoms with Crippen LogP contribution < -0.4 is 10.6 Å². The zero-order chi connectivity index (χ0) is 19.8. The van der Waals surface area contributed by atoms with Gasteiger partial charge in [0.05, 0.1) is 16.9 Å². The summed E-state index contributed by atoms with van der Waals surface area (Å²) in [5.41, 5.74) is -3.43. The molecular formula is C18H13F5N2O2. The molecule has 0 aromatic heterocycles. The lowest BCUT2D eigenvalue weighted by atomic mass is 10.0. The second kappa shape index (κ2) is 6.64. The van der Waals surface area contributed by atoms with E-state index in [1.165, 1.54) is 12.1 Å². The van der Waals surface area contributed by atoms with Gasteiger partial charge in [-0.15, -0.1) is 0 Å². The fourth-order valence-electron chi connectivity index (χ4n) is 2.60. The molecule has 0 atom stereocenters. The standard InChI is InChI=1S/C18H13F5N2O2/c19-10-5-6-14(12(20)9-10)25-16(27)17(7-8-17)15(26)24-13-4-2-1-3-11(13)18(21,22)23/h1-6,9H,7-8H2,(H,24,26)(H,25,27). The third-order valence-corrected chi connectivity index (χ3v) is 4.28. The Bertz CT molecular complexity index is 907. The van der Waals surface area contributed by atoms with E-state index in [9.17, 15) is 31.5 Å². The molecule has 3 rings (SSSR count). The number of carbonyl (C=O) groups excluding carboxylic acids is 2. The third-order valence-electron chi connectivity index (χ3n) is 4.28. The minimum absolute atomic E-state index is 0.0989. The molecule has 0 unspecified atom stereocenters. The van der Waals surface area contributed by atoms with Crippen molar-refractivity contribution in [2.45, 2.75) is 19.0 Å². The summed E-state index contributed by atoms with van der Waals surface area (Å²) in [6.07, 6.45) is -4.48. The van der Waals surface area contributed by atoms with Gasteiger partial charge in [-0.2, -0.15) is 13.2 Å². The van der Waals surface area contributed by atoms with E-state index in [1.54, 1.807) is 0 Å². The van der Waals surface area contributed by atoms with Gasteiger partial charge in [0.15, 0.2) is 0 Å². The molecule has 0 aliphatic heterocycles. The van der Waals surface area contributed by atoms with Crippen molar-refractivity contribution < 1.29 is 31.5 Å². The van der Waals surface area contributed by atoms with E-state index in [1.807, 2.05) is 0 Å². The summed E-state index contributed by atoms with van der Waals surface area (Å²) in [5, 5.41) is 4.32. The van der Waals surface area contributed by atoms with Crippen LogP contribution >= 0.6 is 0 Å². The van der Waals surface area contributed by atoms with Crippen molar-refractivity contribution in [1.29, 1.82) is 0 Å². The highest BCUT2D eigenvalue weighted by atomic mass is 19.4. The number of hydrogen-bond acceptors (Lipinski definition) is 2. The molecule has 2 N–H and O–H groups in total. The van der Waals surface area contributed by atoms with Crippen molar-refractivity contribution in [3.8, 4) is 0 Å². The average Bonchev–Trinajstić information content (AvgIpc) is 3.39. The first-order valence-corrected chi connectivity index (χ1v) is 7.88. The van der Waals surface area contributed by atoms with Crippen molar-refractivity contribution in [2.75, 3.05) is 10.6 Å². The molecule has 0 radical (unpaired) electrons. The van der Waals surface area contributed by atoms with Gasteiger partial charge in [-0.25, -0.2) is 8.78 Å². The van der Waals surface area contributed by atoms with E-state index in [0.717, 1.165) is 24.3 Å². The number of carbonyl (C=O) groups is 2. The third kappa shape index (κ3) is 3.76. The first kappa shape index (κ1) is 18.8. The molecule has 0 bridgehead atoms. The van der Waals surface area contributed by atoms with Crippen LogP contribution in [0.3, 0.4) is 0 Å². The van der Waals surface area contributed by atoms with Crippen LogP contribution in [0.4, 0.5) is 33.3 Å². The SMILES string of the molecule is O=C(Nc1ccc(F)cc1F)C1(C(=O)Nc2ccccc2C(F)(F)F)CC1. The number of halogens is 5. The molecule has 0 saturated heterocycles. The highest BCUT2D eigenvalue weighted by molar-refractivity contribution is 6.17. The van der Waals surface area contributed by atoms with Crippen LogP contribution in [0.1, 0.15) is 18.4 Å². The Morgan fingerprint density at radius 2 is 1.48 bits per heavy atom. The fraction of sp³-hybridized carbons (Fsp3) is 0.222. The van der Waals surface area contributed by atoms with E-state index in [0.29, 0.717) is 6.07 Å². The molecule has 1 saturated carbocycles. The monoisotopic (exact) mass is 384 g/mol. The molecule has 1 aliphatic carbocycles. The van der Waals surface area contributed by atoms with Crippen molar-refractivity contribution in [2.24, 2.45) is 5.41 Å². The number of alkyl halides is 3. The van der Waals surface area contributed by atoms with E-state index in [-0.39, 0.29) is 18.5 Å². The van der Waals surface area contributed by atoms with Crippen LogP contribution in [0.5, 0.6) is 0 Å². The van der Waals surface area contributed by atoms with Crippen LogP contribution in [0.25, 0.3) is 0 Å². The first-order chi connectivity index (χ1) is 12.6. The molecule has 4 nitrogen and oxygen atoms in total. The van der Waals surface area contributed by atoms with Gasteiger partial charge in [-0.05, 0) is 37.1 Å². The summed E-state index contributed by atoms with van der Waals surface area (Å²) in [5.74, 6) is -3.65. The van der Waals surface area contributed by atoms with Gasteiger partial charge in [0.25, 0.3) is 0 Å². The topological polar surface area (TPSA) is 58.2 Å². The average molecular weight is 384 g/mol. The number of amides is 2. The van der Waals surface area contributed by atoms with Crippen LogP contribution in [-0.4, -0.2) is 11.8 Å². The van der Waals surface area contributed by atoms with E-state index in [4.69, 9.17) is 0 Å². The fourth-order valence-corrected chi connectivity index (χ4v) is 2.60. The van der Waals surface area contributed by atoms with Gasteiger partial charge >= 0.3 is 6.18 Å². The highest BCUT2D eigenvalue weighted by Crippen LogP contribution is 2.48. The Morgan fingerprint density at radius 3 is 2.04 bits per heavy atom. The van der Waals surface area contributed by atoms with Gasteiger partial charge in [0.1, 0.15) is 17.0 Å². The summed E-state index contributed by atoms with van der Waals surface area (Å²) in [6.45, 7) is 0. The molecule has 2 amide bonds. The number of para-hydroxylation sites is 1. The van der Waals surface area contributed by atoms with Crippen molar-refractivity contribution in [3.63, 3.8) is 0 Å². The van der Waals surface area contributed by atoms with Crippen LogP contribution in [-0.2, 0) is 15.8 Å². The number of anilines is 2. The Hall–Kier alpha value is -2.97. The van der Waals surface area contributed by atoms with Gasteiger partial charge < -0.3 is 10.6 Å². The number of rotatable bonds is 4. The maximum absolute atomic E-state index is 13.7. The normalized spacial score (nSPS) is 15.1. The van der Waals surface area contributed by atoms with Crippen LogP contribution in [0, 0.1) is 17.0 Å². The molecule has 9 heteroatoms. The van der Waals surface area contributed by atoms with Gasteiger partial charge in [0, 0.05) is 6.07 Å². The summed E-state index contributed by atoms with van der Waals surface area (Å²) in [6, 6.07) is 6.87.